The predicted molar refractivity (Wildman–Crippen MR) is 140 cm³/mol. The van der Waals surface area contributed by atoms with Crippen molar-refractivity contribution in [2.45, 2.75) is 0 Å². The van der Waals surface area contributed by atoms with Crippen molar-refractivity contribution >= 4 is 35.1 Å². The van der Waals surface area contributed by atoms with Gasteiger partial charge in [0.2, 0.25) is 0 Å². The summed E-state index contributed by atoms with van der Waals surface area (Å²) in [5, 5.41) is 1.11. The molecule has 2 nitrogen and oxygen atoms in total. The van der Waals surface area contributed by atoms with Crippen LogP contribution in [-0.4, -0.2) is 10.8 Å². The molecule has 0 saturated heterocycles. The van der Waals surface area contributed by atoms with Crippen molar-refractivity contribution in [1.29, 1.82) is 0 Å². The Morgan fingerprint density at radius 2 is 1.24 bits per heavy atom. The molecule has 0 aliphatic heterocycles. The summed E-state index contributed by atoms with van der Waals surface area (Å²) in [7, 11) is 0. The highest BCUT2D eigenvalue weighted by Gasteiger charge is 2.18. The van der Waals surface area contributed by atoms with Gasteiger partial charge >= 0.3 is 0 Å². The zero-order valence-electron chi connectivity index (χ0n) is 17.7. The van der Waals surface area contributed by atoms with Crippen LogP contribution in [0.2, 0.25) is 10.0 Å². The Labute approximate surface area is 203 Å². The summed E-state index contributed by atoms with van der Waals surface area (Å²) in [6.45, 7) is 0. The quantitative estimate of drug-likeness (QED) is 0.230. The molecule has 0 atom stereocenters. The molecule has 0 N–H and O–H groups in total. The Kier molecular flexibility index (Phi) is 6.12. The van der Waals surface area contributed by atoms with E-state index in [1.54, 1.807) is 12.1 Å². The van der Waals surface area contributed by atoms with E-state index in [4.69, 9.17) is 28.2 Å². The van der Waals surface area contributed by atoms with Gasteiger partial charge in [-0.2, -0.15) is 0 Å². The zero-order valence-corrected chi connectivity index (χ0v) is 19.2. The molecule has 4 heteroatoms. The molecular formula is C29H20Cl2N2. The molecule has 0 spiro atoms. The lowest BCUT2D eigenvalue weighted by Crippen LogP contribution is -2.00. The van der Waals surface area contributed by atoms with Crippen molar-refractivity contribution in [3.05, 3.63) is 131 Å². The lowest BCUT2D eigenvalue weighted by molar-refractivity contribution is 1.09. The number of rotatable bonds is 5. The van der Waals surface area contributed by atoms with Crippen LogP contribution in [-0.2, 0) is 0 Å². The Morgan fingerprint density at radius 3 is 1.88 bits per heavy atom. The summed E-state index contributed by atoms with van der Waals surface area (Å²) in [6, 6.07) is 38.7. The van der Waals surface area contributed by atoms with Crippen molar-refractivity contribution in [1.82, 2.24) is 4.57 Å². The van der Waals surface area contributed by atoms with Gasteiger partial charge in [-0.3, -0.25) is 4.99 Å². The molecule has 4 aromatic carbocycles. The smallest absolute Gasteiger partial charge is 0.0817 e. The van der Waals surface area contributed by atoms with E-state index in [-0.39, 0.29) is 0 Å². The summed E-state index contributed by atoms with van der Waals surface area (Å²) in [4.78, 5) is 4.72. The number of halogens is 2. The fourth-order valence-corrected chi connectivity index (χ4v) is 4.37. The molecule has 1 heterocycles. The molecule has 0 radical (unpaired) electrons. The molecule has 5 rings (SSSR count). The van der Waals surface area contributed by atoms with Crippen LogP contribution in [0, 0.1) is 0 Å². The van der Waals surface area contributed by atoms with E-state index in [9.17, 15) is 0 Å². The number of benzene rings is 4. The maximum Gasteiger partial charge on any atom is 0.0817 e. The minimum Gasteiger partial charge on any atom is -0.309 e. The minimum atomic E-state index is 0.519. The third kappa shape index (κ3) is 4.49. The largest absolute Gasteiger partial charge is 0.309 e. The Balaban J connectivity index is 1.77. The van der Waals surface area contributed by atoms with Crippen LogP contribution in [0.1, 0.15) is 5.56 Å². The van der Waals surface area contributed by atoms with Gasteiger partial charge in [0.15, 0.2) is 0 Å². The number of para-hydroxylation sites is 1. The standard InChI is InChI=1S/C29H20Cl2N2/c30-24-16-17-27(26(31)19-24)32-20-23-18-28(21-10-4-1-5-11-21)33(25-14-8-3-9-15-25)29(23)22-12-6-2-7-13-22/h1-20H. The van der Waals surface area contributed by atoms with Crippen LogP contribution in [0.15, 0.2) is 120 Å². The normalized spacial score (nSPS) is 11.2. The summed E-state index contributed by atoms with van der Waals surface area (Å²) in [5.41, 5.74) is 7.14. The summed E-state index contributed by atoms with van der Waals surface area (Å²) >= 11 is 12.4. The van der Waals surface area contributed by atoms with E-state index in [2.05, 4.69) is 83.4 Å². The van der Waals surface area contributed by atoms with Crippen LogP contribution >= 0.6 is 23.2 Å². The molecule has 0 amide bonds. The maximum atomic E-state index is 6.38. The molecular weight excluding hydrogens is 447 g/mol. The van der Waals surface area contributed by atoms with Gasteiger partial charge in [0, 0.05) is 22.5 Å². The summed E-state index contributed by atoms with van der Waals surface area (Å²) in [5.74, 6) is 0. The van der Waals surface area contributed by atoms with Gasteiger partial charge in [-0.05, 0) is 47.5 Å². The first-order chi connectivity index (χ1) is 16.2. The van der Waals surface area contributed by atoms with Gasteiger partial charge in [0.25, 0.3) is 0 Å². The Morgan fingerprint density at radius 1 is 0.636 bits per heavy atom. The van der Waals surface area contributed by atoms with Crippen molar-refractivity contribution in [2.24, 2.45) is 4.99 Å². The average Bonchev–Trinajstić information content (AvgIpc) is 3.25. The van der Waals surface area contributed by atoms with Crippen LogP contribution in [0.3, 0.4) is 0 Å². The van der Waals surface area contributed by atoms with Gasteiger partial charge in [-0.1, -0.05) is 102 Å². The highest BCUT2D eigenvalue weighted by Crippen LogP contribution is 2.36. The second-order valence-electron chi connectivity index (χ2n) is 7.59. The number of hydrogen-bond donors (Lipinski definition) is 0. The lowest BCUT2D eigenvalue weighted by atomic mass is 10.1. The lowest BCUT2D eigenvalue weighted by Gasteiger charge is -2.15. The van der Waals surface area contributed by atoms with Crippen molar-refractivity contribution in [2.75, 3.05) is 0 Å². The van der Waals surface area contributed by atoms with Gasteiger partial charge in [-0.15, -0.1) is 0 Å². The van der Waals surface area contributed by atoms with Crippen LogP contribution < -0.4 is 0 Å². The van der Waals surface area contributed by atoms with Crippen LogP contribution in [0.4, 0.5) is 5.69 Å². The third-order valence-corrected chi connectivity index (χ3v) is 5.95. The highest BCUT2D eigenvalue weighted by atomic mass is 35.5. The first-order valence-electron chi connectivity index (χ1n) is 10.6. The van der Waals surface area contributed by atoms with E-state index in [0.29, 0.717) is 15.7 Å². The van der Waals surface area contributed by atoms with Crippen molar-refractivity contribution in [3.63, 3.8) is 0 Å². The number of hydrogen-bond acceptors (Lipinski definition) is 1. The minimum absolute atomic E-state index is 0.519. The molecule has 0 fully saturated rings. The number of nitrogens with zero attached hydrogens (tertiary/aromatic N) is 2. The van der Waals surface area contributed by atoms with E-state index in [1.807, 2.05) is 30.5 Å². The second kappa shape index (κ2) is 9.50. The monoisotopic (exact) mass is 466 g/mol. The van der Waals surface area contributed by atoms with Crippen molar-refractivity contribution in [3.8, 4) is 28.2 Å². The van der Waals surface area contributed by atoms with E-state index < -0.39 is 0 Å². The highest BCUT2D eigenvalue weighted by molar-refractivity contribution is 6.36. The Hall–Kier alpha value is -3.59. The van der Waals surface area contributed by atoms with Gasteiger partial charge in [-0.25, -0.2) is 0 Å². The Bertz CT molecular complexity index is 1410. The second-order valence-corrected chi connectivity index (χ2v) is 8.43. The molecule has 0 bridgehead atoms. The van der Waals surface area contributed by atoms with Gasteiger partial charge in [0.05, 0.1) is 22.1 Å². The maximum absolute atomic E-state index is 6.38. The van der Waals surface area contributed by atoms with Crippen LogP contribution in [0.25, 0.3) is 28.2 Å². The molecule has 1 aromatic heterocycles. The number of aromatic nitrogens is 1. The molecule has 0 aliphatic carbocycles. The first kappa shape index (κ1) is 21.3. The molecule has 5 aromatic rings. The van der Waals surface area contributed by atoms with Crippen molar-refractivity contribution < 1.29 is 0 Å². The SMILES string of the molecule is Clc1ccc(N=Cc2cc(-c3ccccc3)n(-c3ccccc3)c2-c2ccccc2)c(Cl)c1. The van der Waals surface area contributed by atoms with Gasteiger partial charge in [0.1, 0.15) is 0 Å². The number of aliphatic imine (C=N–C) groups is 1. The van der Waals surface area contributed by atoms with E-state index >= 15 is 0 Å². The zero-order chi connectivity index (χ0) is 22.6. The van der Waals surface area contributed by atoms with E-state index in [0.717, 1.165) is 33.8 Å². The third-order valence-electron chi connectivity index (χ3n) is 5.41. The van der Waals surface area contributed by atoms with Crippen LogP contribution in [0.5, 0.6) is 0 Å². The molecule has 33 heavy (non-hydrogen) atoms. The average molecular weight is 467 g/mol. The fraction of sp³-hybridized carbons (Fsp3) is 0. The molecule has 0 unspecified atom stereocenters. The topological polar surface area (TPSA) is 17.3 Å². The fourth-order valence-electron chi connectivity index (χ4n) is 3.91. The first-order valence-corrected chi connectivity index (χ1v) is 11.4. The summed E-state index contributed by atoms with van der Waals surface area (Å²) < 4.78 is 2.29. The molecule has 0 saturated carbocycles. The predicted octanol–water partition coefficient (Wildman–Crippen LogP) is 8.87. The van der Waals surface area contributed by atoms with Gasteiger partial charge < -0.3 is 4.57 Å². The molecule has 160 valence electrons. The summed E-state index contributed by atoms with van der Waals surface area (Å²) in [6.07, 6.45) is 1.88. The molecule has 0 aliphatic rings. The van der Waals surface area contributed by atoms with E-state index in [1.165, 1.54) is 0 Å².